The lowest BCUT2D eigenvalue weighted by Gasteiger charge is -2.30. The third kappa shape index (κ3) is 3.21. The van der Waals surface area contributed by atoms with Gasteiger partial charge < -0.3 is 29.2 Å². The second-order valence-corrected chi connectivity index (χ2v) is 8.44. The van der Waals surface area contributed by atoms with Gasteiger partial charge in [0, 0.05) is 11.8 Å². The highest BCUT2D eigenvalue weighted by atomic mass is 16.8. The number of aliphatic hydroxyl groups excluding tert-OH is 1. The van der Waals surface area contributed by atoms with Gasteiger partial charge >= 0.3 is 0 Å². The molecule has 9 heteroatoms. The summed E-state index contributed by atoms with van der Waals surface area (Å²) in [5.41, 5.74) is 0.282. The lowest BCUT2D eigenvalue weighted by molar-refractivity contribution is -0.217. The van der Waals surface area contributed by atoms with Gasteiger partial charge in [-0.25, -0.2) is 9.97 Å². The topological polar surface area (TPSA) is 108 Å². The summed E-state index contributed by atoms with van der Waals surface area (Å²) in [6.07, 6.45) is 1.66. The quantitative estimate of drug-likeness (QED) is 0.662. The predicted octanol–water partition coefficient (Wildman–Crippen LogP) is 2.48. The van der Waals surface area contributed by atoms with Crippen molar-refractivity contribution < 1.29 is 24.1 Å². The molecule has 4 heterocycles. The van der Waals surface area contributed by atoms with Crippen LogP contribution in [0.2, 0.25) is 0 Å². The van der Waals surface area contributed by atoms with E-state index in [0.29, 0.717) is 22.4 Å². The summed E-state index contributed by atoms with van der Waals surface area (Å²) in [6.45, 7) is 5.41. The summed E-state index contributed by atoms with van der Waals surface area (Å²) in [5, 5.41) is 13.4. The van der Waals surface area contributed by atoms with Gasteiger partial charge in [-0.15, -0.1) is 0 Å². The number of aromatic nitrogens is 3. The van der Waals surface area contributed by atoms with Gasteiger partial charge in [0.2, 0.25) is 0 Å². The maximum atomic E-state index is 12.6. The van der Waals surface area contributed by atoms with E-state index < -0.39 is 29.8 Å². The van der Waals surface area contributed by atoms with Crippen molar-refractivity contribution in [3.05, 3.63) is 54.5 Å². The molecule has 2 aromatic heterocycles. The number of ether oxygens (including phenoxy) is 3. The Morgan fingerprint density at radius 3 is 2.71 bits per heavy atom. The van der Waals surface area contributed by atoms with Gasteiger partial charge in [-0.05, 0) is 39.0 Å². The van der Waals surface area contributed by atoms with Crippen molar-refractivity contribution in [2.45, 2.75) is 50.6 Å². The minimum Gasteiger partial charge on any atom is -0.394 e. The molecule has 5 rings (SSSR count). The smallest absolute Gasteiger partial charge is 0.256 e. The van der Waals surface area contributed by atoms with Gasteiger partial charge in [0.25, 0.3) is 5.91 Å². The molecule has 31 heavy (non-hydrogen) atoms. The number of aliphatic hydroxyl groups is 1. The van der Waals surface area contributed by atoms with Crippen LogP contribution in [0.1, 0.15) is 37.4 Å². The number of carbonyl (C=O) groups is 1. The third-order valence-corrected chi connectivity index (χ3v) is 5.78. The Morgan fingerprint density at radius 2 is 1.97 bits per heavy atom. The number of rotatable bonds is 4. The molecule has 0 aliphatic carbocycles. The van der Waals surface area contributed by atoms with Crippen molar-refractivity contribution in [3.63, 3.8) is 0 Å². The second-order valence-electron chi connectivity index (χ2n) is 8.44. The molecule has 2 aliphatic heterocycles. The van der Waals surface area contributed by atoms with Gasteiger partial charge in [-0.2, -0.15) is 0 Å². The van der Waals surface area contributed by atoms with Gasteiger partial charge in [0.05, 0.1) is 12.0 Å². The number of hydrogen-bond donors (Lipinski definition) is 2. The highest BCUT2D eigenvalue weighted by Crippen LogP contribution is 2.51. The van der Waals surface area contributed by atoms with Crippen LogP contribution < -0.4 is 5.32 Å². The highest BCUT2D eigenvalue weighted by molar-refractivity contribution is 6.07. The SMILES string of the molecule is CC1(C)O[C@@H]2[C@@H](CO)O[C@@H](n3ccc4c(NC(=O)c5ccccc5)ncnc43)[C@]2(C)O1. The lowest BCUT2D eigenvalue weighted by atomic mass is 9.96. The van der Waals surface area contributed by atoms with E-state index in [-0.39, 0.29) is 12.5 Å². The number of hydrogen-bond acceptors (Lipinski definition) is 7. The van der Waals surface area contributed by atoms with Crippen LogP contribution in [0.4, 0.5) is 5.82 Å². The third-order valence-electron chi connectivity index (χ3n) is 5.78. The molecule has 0 radical (unpaired) electrons. The molecule has 2 fully saturated rings. The second kappa shape index (κ2) is 7.10. The summed E-state index contributed by atoms with van der Waals surface area (Å²) in [7, 11) is 0. The number of fused-ring (bicyclic) bond motifs is 2. The first-order valence-electron chi connectivity index (χ1n) is 10.1. The van der Waals surface area contributed by atoms with Crippen LogP contribution in [0.25, 0.3) is 11.0 Å². The van der Waals surface area contributed by atoms with E-state index in [4.69, 9.17) is 14.2 Å². The minimum absolute atomic E-state index is 0.192. The molecule has 0 unspecified atom stereocenters. The molecule has 2 N–H and O–H groups in total. The Morgan fingerprint density at radius 1 is 1.19 bits per heavy atom. The van der Waals surface area contributed by atoms with E-state index in [1.807, 2.05) is 43.7 Å². The summed E-state index contributed by atoms with van der Waals surface area (Å²) >= 11 is 0. The van der Waals surface area contributed by atoms with E-state index >= 15 is 0 Å². The fraction of sp³-hybridized carbons (Fsp3) is 0.409. The maximum absolute atomic E-state index is 12.6. The molecule has 1 aromatic carbocycles. The van der Waals surface area contributed by atoms with Crippen molar-refractivity contribution in [3.8, 4) is 0 Å². The van der Waals surface area contributed by atoms with Crippen molar-refractivity contribution in [2.75, 3.05) is 11.9 Å². The molecule has 9 nitrogen and oxygen atoms in total. The van der Waals surface area contributed by atoms with Crippen LogP contribution in [-0.4, -0.2) is 55.8 Å². The van der Waals surface area contributed by atoms with Crippen molar-refractivity contribution in [1.29, 1.82) is 0 Å². The Hall–Kier alpha value is -2.85. The van der Waals surface area contributed by atoms with E-state index in [1.54, 1.807) is 24.3 Å². The Labute approximate surface area is 179 Å². The first-order valence-corrected chi connectivity index (χ1v) is 10.1. The van der Waals surface area contributed by atoms with Crippen LogP contribution in [0, 0.1) is 0 Å². The van der Waals surface area contributed by atoms with Crippen molar-refractivity contribution in [1.82, 2.24) is 14.5 Å². The number of nitrogens with one attached hydrogen (secondary N) is 1. The van der Waals surface area contributed by atoms with Gasteiger partial charge in [-0.3, -0.25) is 4.79 Å². The van der Waals surface area contributed by atoms with E-state index in [1.165, 1.54) is 6.33 Å². The zero-order valence-electron chi connectivity index (χ0n) is 17.5. The minimum atomic E-state index is -0.832. The number of anilines is 1. The van der Waals surface area contributed by atoms with Gasteiger partial charge in [0.1, 0.15) is 35.6 Å². The molecule has 1 amide bonds. The van der Waals surface area contributed by atoms with Gasteiger partial charge in [0.15, 0.2) is 12.0 Å². The fourth-order valence-electron chi connectivity index (χ4n) is 4.55. The average molecular weight is 424 g/mol. The van der Waals surface area contributed by atoms with Crippen LogP contribution in [0.15, 0.2) is 48.9 Å². The largest absolute Gasteiger partial charge is 0.394 e. The lowest BCUT2D eigenvalue weighted by Crippen LogP contribution is -2.42. The summed E-state index contributed by atoms with van der Waals surface area (Å²) in [4.78, 5) is 21.3. The zero-order chi connectivity index (χ0) is 21.8. The maximum Gasteiger partial charge on any atom is 0.256 e. The summed E-state index contributed by atoms with van der Waals surface area (Å²) in [5.74, 6) is -0.659. The van der Waals surface area contributed by atoms with Crippen LogP contribution in [0.5, 0.6) is 0 Å². The van der Waals surface area contributed by atoms with Crippen LogP contribution in [-0.2, 0) is 14.2 Å². The molecule has 162 valence electrons. The monoisotopic (exact) mass is 424 g/mol. The average Bonchev–Trinajstić information content (AvgIpc) is 3.35. The summed E-state index contributed by atoms with van der Waals surface area (Å²) in [6, 6.07) is 10.8. The molecular weight excluding hydrogens is 400 g/mol. The van der Waals surface area contributed by atoms with Gasteiger partial charge in [-0.1, -0.05) is 18.2 Å². The number of nitrogens with zero attached hydrogens (tertiary/aromatic N) is 3. The Balaban J connectivity index is 1.51. The molecule has 2 aliphatic rings. The van der Waals surface area contributed by atoms with Crippen LogP contribution in [0.3, 0.4) is 0 Å². The number of amides is 1. The molecule has 0 bridgehead atoms. The highest BCUT2D eigenvalue weighted by Gasteiger charge is 2.64. The normalized spacial score (nSPS) is 29.2. The summed E-state index contributed by atoms with van der Waals surface area (Å²) < 4.78 is 20.2. The molecule has 0 saturated carbocycles. The Kier molecular flexibility index (Phi) is 4.60. The molecule has 0 spiro atoms. The molecule has 3 aromatic rings. The first-order chi connectivity index (χ1) is 14.8. The predicted molar refractivity (Wildman–Crippen MR) is 111 cm³/mol. The van der Waals surface area contributed by atoms with Crippen LogP contribution >= 0.6 is 0 Å². The van der Waals surface area contributed by atoms with Crippen molar-refractivity contribution in [2.24, 2.45) is 0 Å². The number of carbonyl (C=O) groups excluding carboxylic acids is 1. The zero-order valence-corrected chi connectivity index (χ0v) is 17.5. The van der Waals surface area contributed by atoms with E-state index in [2.05, 4.69) is 15.3 Å². The number of benzene rings is 1. The Bertz CT molecular complexity index is 1130. The van der Waals surface area contributed by atoms with E-state index in [9.17, 15) is 9.90 Å². The molecule has 4 atom stereocenters. The fourth-order valence-corrected chi connectivity index (χ4v) is 4.55. The molecule has 2 saturated heterocycles. The molecular formula is C22H24N4O5. The first kappa shape index (κ1) is 20.1. The van der Waals surface area contributed by atoms with E-state index in [0.717, 1.165) is 0 Å². The standard InChI is InChI=1S/C22H24N4O5/c1-21(2)30-16-15(11-27)29-20(22(16,3)31-21)26-10-9-14-17(23-12-24-18(14)26)25-19(28)13-7-5-4-6-8-13/h4-10,12,15-16,20,27H,11H2,1-3H3,(H,23,24,25,28)/t15-,16-,20-,22-/m1/s1. The van der Waals surface area contributed by atoms with Crippen molar-refractivity contribution >= 4 is 22.8 Å².